The van der Waals surface area contributed by atoms with Crippen LogP contribution >= 0.6 is 23.7 Å². The van der Waals surface area contributed by atoms with Gasteiger partial charge in [-0.2, -0.15) is 0 Å². The Morgan fingerprint density at radius 2 is 1.82 bits per heavy atom. The van der Waals surface area contributed by atoms with E-state index in [1.54, 1.807) is 0 Å². The van der Waals surface area contributed by atoms with E-state index in [0.717, 1.165) is 6.54 Å². The van der Waals surface area contributed by atoms with Crippen molar-refractivity contribution in [2.75, 3.05) is 6.54 Å². The molecule has 0 saturated carbocycles. The summed E-state index contributed by atoms with van der Waals surface area (Å²) in [5.41, 5.74) is 1.43. The second kappa shape index (κ2) is 11.1. The maximum Gasteiger partial charge on any atom is 0.0302 e. The molecule has 0 aliphatic rings. The summed E-state index contributed by atoms with van der Waals surface area (Å²) in [5, 5.41) is 5.71. The van der Waals surface area contributed by atoms with Gasteiger partial charge >= 0.3 is 0 Å². The van der Waals surface area contributed by atoms with Crippen molar-refractivity contribution in [3.05, 3.63) is 21.9 Å². The summed E-state index contributed by atoms with van der Waals surface area (Å²) >= 11 is 1.86. The van der Waals surface area contributed by atoms with Crippen LogP contribution in [0.4, 0.5) is 0 Å². The lowest BCUT2D eigenvalue weighted by molar-refractivity contribution is 0.573. The molecule has 0 radical (unpaired) electrons. The predicted molar refractivity (Wildman–Crippen MR) is 81.4 cm³/mol. The van der Waals surface area contributed by atoms with Crippen LogP contribution in [-0.2, 0) is 6.54 Å². The molecule has 0 unspecified atom stereocenters. The van der Waals surface area contributed by atoms with Crippen LogP contribution in [0.25, 0.3) is 0 Å². The maximum absolute atomic E-state index is 3.53. The first-order chi connectivity index (χ1) is 7.84. The Labute approximate surface area is 116 Å². The smallest absolute Gasteiger partial charge is 0.0302 e. The predicted octanol–water partition coefficient (Wildman–Crippen LogP) is 4.93. The lowest BCUT2D eigenvalue weighted by atomic mass is 10.1. The van der Waals surface area contributed by atoms with Crippen molar-refractivity contribution in [2.45, 2.75) is 58.9 Å². The zero-order valence-corrected chi connectivity index (χ0v) is 12.8. The number of unbranched alkanes of at least 4 members (excludes halogenated alkanes) is 5. The van der Waals surface area contributed by atoms with Crippen molar-refractivity contribution in [3.8, 4) is 0 Å². The summed E-state index contributed by atoms with van der Waals surface area (Å²) in [6.07, 6.45) is 8.29. The third kappa shape index (κ3) is 7.80. The van der Waals surface area contributed by atoms with Crippen molar-refractivity contribution in [1.29, 1.82) is 0 Å². The molecule has 1 heterocycles. The molecule has 1 N–H and O–H groups in total. The monoisotopic (exact) mass is 275 g/mol. The molecule has 100 valence electrons. The molecule has 1 nitrogen and oxygen atoms in total. The van der Waals surface area contributed by atoms with Crippen LogP contribution in [-0.4, -0.2) is 6.54 Å². The molecule has 0 atom stereocenters. The molecule has 0 aliphatic carbocycles. The second-order valence-electron chi connectivity index (χ2n) is 4.47. The number of hydrogen-bond donors (Lipinski definition) is 1. The molecule has 0 amide bonds. The van der Waals surface area contributed by atoms with E-state index in [4.69, 9.17) is 0 Å². The highest BCUT2D eigenvalue weighted by Crippen LogP contribution is 2.14. The van der Waals surface area contributed by atoms with E-state index in [0.29, 0.717) is 0 Å². The Morgan fingerprint density at radius 1 is 1.12 bits per heavy atom. The summed E-state index contributed by atoms with van der Waals surface area (Å²) in [6.45, 7) is 6.69. The fourth-order valence-corrected chi connectivity index (χ4v) is 2.69. The molecule has 17 heavy (non-hydrogen) atoms. The Morgan fingerprint density at radius 3 is 2.47 bits per heavy atom. The van der Waals surface area contributed by atoms with E-state index in [-0.39, 0.29) is 12.4 Å². The van der Waals surface area contributed by atoms with E-state index >= 15 is 0 Å². The zero-order valence-electron chi connectivity index (χ0n) is 11.1. The molecule has 1 rings (SSSR count). The molecule has 3 heteroatoms. The van der Waals surface area contributed by atoms with Crippen LogP contribution in [0.1, 0.15) is 55.9 Å². The van der Waals surface area contributed by atoms with Crippen molar-refractivity contribution in [2.24, 2.45) is 0 Å². The SMILES string of the molecule is CCCCCCCCNCc1sccc1C.Cl. The van der Waals surface area contributed by atoms with Gasteiger partial charge in [0.25, 0.3) is 0 Å². The average Bonchev–Trinajstić information content (AvgIpc) is 2.68. The van der Waals surface area contributed by atoms with Crippen molar-refractivity contribution >= 4 is 23.7 Å². The summed E-state index contributed by atoms with van der Waals surface area (Å²) in [4.78, 5) is 1.49. The number of thiophene rings is 1. The Hall–Kier alpha value is -0.0500. The zero-order chi connectivity index (χ0) is 11.6. The summed E-state index contributed by atoms with van der Waals surface area (Å²) < 4.78 is 0. The first-order valence-corrected chi connectivity index (χ1v) is 7.46. The lowest BCUT2D eigenvalue weighted by Gasteiger charge is -2.04. The van der Waals surface area contributed by atoms with Crippen LogP contribution in [0.2, 0.25) is 0 Å². The molecule has 0 saturated heterocycles. The van der Waals surface area contributed by atoms with E-state index in [2.05, 4.69) is 30.6 Å². The highest BCUT2D eigenvalue weighted by atomic mass is 35.5. The first-order valence-electron chi connectivity index (χ1n) is 6.58. The summed E-state index contributed by atoms with van der Waals surface area (Å²) in [5.74, 6) is 0. The molecule has 0 aromatic carbocycles. The molecular weight excluding hydrogens is 250 g/mol. The Kier molecular flexibility index (Phi) is 11.0. The van der Waals surface area contributed by atoms with Gasteiger partial charge in [0.15, 0.2) is 0 Å². The normalized spacial score (nSPS) is 10.2. The van der Waals surface area contributed by atoms with E-state index in [1.165, 1.54) is 55.5 Å². The highest BCUT2D eigenvalue weighted by Gasteiger charge is 1.98. The molecular formula is C14H26ClNS. The van der Waals surface area contributed by atoms with Gasteiger partial charge in [-0.1, -0.05) is 39.0 Å². The first kappa shape index (κ1) is 16.9. The van der Waals surface area contributed by atoms with Crippen LogP contribution < -0.4 is 5.32 Å². The highest BCUT2D eigenvalue weighted by molar-refractivity contribution is 7.10. The minimum absolute atomic E-state index is 0. The minimum Gasteiger partial charge on any atom is -0.312 e. The van der Waals surface area contributed by atoms with Gasteiger partial charge < -0.3 is 5.32 Å². The Balaban J connectivity index is 0.00000256. The van der Waals surface area contributed by atoms with Crippen LogP contribution in [0.3, 0.4) is 0 Å². The number of nitrogens with one attached hydrogen (secondary N) is 1. The standard InChI is InChI=1S/C14H25NS.ClH/c1-3-4-5-6-7-8-10-15-12-14-13(2)9-11-16-14;/h9,11,15H,3-8,10,12H2,1-2H3;1H. The summed E-state index contributed by atoms with van der Waals surface area (Å²) in [7, 11) is 0. The van der Waals surface area contributed by atoms with Gasteiger partial charge in [-0.05, 0) is 36.9 Å². The lowest BCUT2D eigenvalue weighted by Crippen LogP contribution is -2.14. The number of halogens is 1. The fourth-order valence-electron chi connectivity index (χ4n) is 1.82. The van der Waals surface area contributed by atoms with Crippen molar-refractivity contribution < 1.29 is 0 Å². The van der Waals surface area contributed by atoms with Gasteiger partial charge in [0, 0.05) is 11.4 Å². The number of aryl methyl sites for hydroxylation is 1. The summed E-state index contributed by atoms with van der Waals surface area (Å²) in [6, 6.07) is 2.20. The molecule has 0 aliphatic heterocycles. The molecule has 0 spiro atoms. The minimum atomic E-state index is 0. The largest absolute Gasteiger partial charge is 0.312 e. The van der Waals surface area contributed by atoms with Crippen LogP contribution in [0, 0.1) is 6.92 Å². The van der Waals surface area contributed by atoms with E-state index in [9.17, 15) is 0 Å². The molecule has 1 aromatic heterocycles. The fraction of sp³-hybridized carbons (Fsp3) is 0.714. The van der Waals surface area contributed by atoms with E-state index < -0.39 is 0 Å². The van der Waals surface area contributed by atoms with Gasteiger partial charge in [0.2, 0.25) is 0 Å². The van der Waals surface area contributed by atoms with Crippen molar-refractivity contribution in [3.63, 3.8) is 0 Å². The van der Waals surface area contributed by atoms with Crippen LogP contribution in [0.15, 0.2) is 11.4 Å². The van der Waals surface area contributed by atoms with Crippen LogP contribution in [0.5, 0.6) is 0 Å². The number of hydrogen-bond acceptors (Lipinski definition) is 2. The second-order valence-corrected chi connectivity index (χ2v) is 5.47. The maximum atomic E-state index is 3.53. The molecule has 1 aromatic rings. The third-order valence-electron chi connectivity index (χ3n) is 2.96. The Bertz CT molecular complexity index is 273. The third-order valence-corrected chi connectivity index (χ3v) is 3.98. The molecule has 0 fully saturated rings. The van der Waals surface area contributed by atoms with Gasteiger partial charge in [-0.15, -0.1) is 23.7 Å². The topological polar surface area (TPSA) is 12.0 Å². The van der Waals surface area contributed by atoms with Gasteiger partial charge in [-0.25, -0.2) is 0 Å². The van der Waals surface area contributed by atoms with E-state index in [1.807, 2.05) is 11.3 Å². The number of rotatable bonds is 9. The van der Waals surface area contributed by atoms with Gasteiger partial charge in [0.05, 0.1) is 0 Å². The van der Waals surface area contributed by atoms with Crippen molar-refractivity contribution in [1.82, 2.24) is 5.32 Å². The quantitative estimate of drug-likeness (QED) is 0.630. The van der Waals surface area contributed by atoms with Gasteiger partial charge in [0.1, 0.15) is 0 Å². The van der Waals surface area contributed by atoms with Gasteiger partial charge in [-0.3, -0.25) is 0 Å². The average molecular weight is 276 g/mol. The molecule has 0 bridgehead atoms.